The molecule has 1 fully saturated rings. The highest BCUT2D eigenvalue weighted by molar-refractivity contribution is 5.55. The van der Waals surface area contributed by atoms with E-state index in [1.165, 1.54) is 29.5 Å². The lowest BCUT2D eigenvalue weighted by Crippen LogP contribution is -2.44. The van der Waals surface area contributed by atoms with E-state index in [-0.39, 0.29) is 6.79 Å². The van der Waals surface area contributed by atoms with Gasteiger partial charge in [0.05, 0.1) is 7.11 Å². The van der Waals surface area contributed by atoms with Crippen molar-refractivity contribution in [3.63, 3.8) is 0 Å². The summed E-state index contributed by atoms with van der Waals surface area (Å²) < 4.78 is 16.7. The number of pyridine rings is 1. The molecule has 0 spiro atoms. The molecule has 6 heteroatoms. The molecule has 0 saturated carbocycles. The third-order valence-corrected chi connectivity index (χ3v) is 7.31. The van der Waals surface area contributed by atoms with E-state index in [1.807, 2.05) is 18.5 Å². The minimum Gasteiger partial charge on any atom is -0.493 e. The van der Waals surface area contributed by atoms with Crippen molar-refractivity contribution in [2.75, 3.05) is 34.0 Å². The van der Waals surface area contributed by atoms with Crippen molar-refractivity contribution < 1.29 is 14.2 Å². The molecule has 184 valence electrons. The summed E-state index contributed by atoms with van der Waals surface area (Å²) in [7, 11) is 3.95. The topological polar surface area (TPSA) is 47.1 Å². The standard InChI is InChI=1S/C29H35N3O3/c1-31(19-23-9-6-12-30-18-23)26(15-22-7-4-3-5-8-22)25-10-13-32(14-11-25)20-24-16-27(33-2)29-28(17-24)34-21-35-29/h3-9,12,16-18,25-26H,10-11,13-15,19-21H2,1-2H3/t26-/m0/s1. The number of aromatic nitrogens is 1. The second-order valence-corrected chi connectivity index (χ2v) is 9.68. The molecular formula is C29H35N3O3. The molecule has 3 aromatic rings. The Morgan fingerprint density at radius 1 is 1.03 bits per heavy atom. The first-order valence-electron chi connectivity index (χ1n) is 12.5. The van der Waals surface area contributed by atoms with Crippen LogP contribution in [0.2, 0.25) is 0 Å². The average molecular weight is 474 g/mol. The van der Waals surface area contributed by atoms with Gasteiger partial charge in [-0.1, -0.05) is 36.4 Å². The van der Waals surface area contributed by atoms with Gasteiger partial charge in [0.15, 0.2) is 11.5 Å². The van der Waals surface area contributed by atoms with Gasteiger partial charge in [-0.3, -0.25) is 14.8 Å². The molecule has 0 unspecified atom stereocenters. The summed E-state index contributed by atoms with van der Waals surface area (Å²) in [5.74, 6) is 2.91. The van der Waals surface area contributed by atoms with Crippen molar-refractivity contribution in [3.8, 4) is 17.2 Å². The van der Waals surface area contributed by atoms with Crippen LogP contribution in [0.5, 0.6) is 17.2 Å². The molecular weight excluding hydrogens is 438 g/mol. The van der Waals surface area contributed by atoms with Crippen LogP contribution < -0.4 is 14.2 Å². The Morgan fingerprint density at radius 2 is 1.83 bits per heavy atom. The van der Waals surface area contributed by atoms with Crippen LogP contribution in [-0.2, 0) is 19.5 Å². The van der Waals surface area contributed by atoms with Crippen LogP contribution in [0.4, 0.5) is 0 Å². The van der Waals surface area contributed by atoms with Gasteiger partial charge in [0.2, 0.25) is 12.5 Å². The first-order chi connectivity index (χ1) is 17.2. The summed E-state index contributed by atoms with van der Waals surface area (Å²) in [6.07, 6.45) is 7.28. The van der Waals surface area contributed by atoms with Gasteiger partial charge in [-0.05, 0) is 80.2 Å². The van der Waals surface area contributed by atoms with Crippen LogP contribution in [0.3, 0.4) is 0 Å². The van der Waals surface area contributed by atoms with Gasteiger partial charge in [-0.2, -0.15) is 0 Å². The van der Waals surface area contributed by atoms with E-state index in [9.17, 15) is 0 Å². The summed E-state index contributed by atoms with van der Waals surface area (Å²) in [4.78, 5) is 9.40. The molecule has 2 aromatic carbocycles. The highest BCUT2D eigenvalue weighted by Crippen LogP contribution is 2.42. The van der Waals surface area contributed by atoms with Gasteiger partial charge in [0.25, 0.3) is 0 Å². The SMILES string of the molecule is COc1cc(CN2CCC([C@H](Cc3ccccc3)N(C)Cc3cccnc3)CC2)cc2c1OCO2. The molecule has 0 N–H and O–H groups in total. The maximum atomic E-state index is 5.62. The molecule has 6 nitrogen and oxygen atoms in total. The number of ether oxygens (including phenoxy) is 3. The van der Waals surface area contributed by atoms with Crippen molar-refractivity contribution in [2.45, 2.75) is 38.4 Å². The largest absolute Gasteiger partial charge is 0.493 e. The number of nitrogens with zero attached hydrogens (tertiary/aromatic N) is 3. The van der Waals surface area contributed by atoms with Gasteiger partial charge < -0.3 is 14.2 Å². The zero-order chi connectivity index (χ0) is 24.0. The molecule has 35 heavy (non-hydrogen) atoms. The number of hydrogen-bond donors (Lipinski definition) is 0. The molecule has 3 heterocycles. The fraction of sp³-hybridized carbons (Fsp3) is 0.414. The molecule has 1 atom stereocenters. The Hall–Kier alpha value is -3.09. The van der Waals surface area contributed by atoms with Crippen molar-refractivity contribution in [3.05, 3.63) is 83.7 Å². The smallest absolute Gasteiger partial charge is 0.231 e. The fourth-order valence-corrected chi connectivity index (χ4v) is 5.46. The normalized spacial score (nSPS) is 17.0. The number of hydrogen-bond acceptors (Lipinski definition) is 6. The molecule has 0 radical (unpaired) electrons. The van der Waals surface area contributed by atoms with Crippen molar-refractivity contribution >= 4 is 0 Å². The predicted octanol–water partition coefficient (Wildman–Crippen LogP) is 4.77. The molecule has 1 aromatic heterocycles. The first-order valence-corrected chi connectivity index (χ1v) is 12.5. The summed E-state index contributed by atoms with van der Waals surface area (Å²) >= 11 is 0. The van der Waals surface area contributed by atoms with Crippen LogP contribution in [0.1, 0.15) is 29.5 Å². The minimum absolute atomic E-state index is 0.260. The third kappa shape index (κ3) is 5.77. The number of methoxy groups -OCH3 is 1. The van der Waals surface area contributed by atoms with Gasteiger partial charge in [-0.15, -0.1) is 0 Å². The van der Waals surface area contributed by atoms with Crippen LogP contribution in [0.15, 0.2) is 67.0 Å². The predicted molar refractivity (Wildman–Crippen MR) is 137 cm³/mol. The lowest BCUT2D eigenvalue weighted by molar-refractivity contribution is 0.0953. The van der Waals surface area contributed by atoms with Gasteiger partial charge in [0.1, 0.15) is 0 Å². The molecule has 0 amide bonds. The highest BCUT2D eigenvalue weighted by Gasteiger charge is 2.30. The number of likely N-dealkylation sites (tertiary alicyclic amines) is 1. The van der Waals surface area contributed by atoms with Crippen molar-refractivity contribution in [1.29, 1.82) is 0 Å². The first kappa shape index (κ1) is 23.6. The zero-order valence-corrected chi connectivity index (χ0v) is 20.7. The summed E-state index contributed by atoms with van der Waals surface area (Å²) in [5, 5.41) is 0. The molecule has 5 rings (SSSR count). The van der Waals surface area contributed by atoms with E-state index in [1.54, 1.807) is 7.11 Å². The van der Waals surface area contributed by atoms with E-state index < -0.39 is 0 Å². The van der Waals surface area contributed by atoms with Crippen LogP contribution in [0.25, 0.3) is 0 Å². The summed E-state index contributed by atoms with van der Waals surface area (Å²) in [5.41, 5.74) is 3.88. The fourth-order valence-electron chi connectivity index (χ4n) is 5.46. The van der Waals surface area contributed by atoms with E-state index in [4.69, 9.17) is 14.2 Å². The second kappa shape index (κ2) is 11.1. The summed E-state index contributed by atoms with van der Waals surface area (Å²) in [6.45, 7) is 4.26. The maximum absolute atomic E-state index is 5.62. The van der Waals surface area contributed by atoms with E-state index in [0.29, 0.717) is 12.0 Å². The second-order valence-electron chi connectivity index (χ2n) is 9.68. The van der Waals surface area contributed by atoms with Crippen molar-refractivity contribution in [1.82, 2.24) is 14.8 Å². The van der Waals surface area contributed by atoms with Crippen LogP contribution in [-0.4, -0.2) is 54.9 Å². The number of fused-ring (bicyclic) bond motifs is 1. The van der Waals surface area contributed by atoms with Crippen molar-refractivity contribution in [2.24, 2.45) is 5.92 Å². The van der Waals surface area contributed by atoms with Gasteiger partial charge >= 0.3 is 0 Å². The van der Waals surface area contributed by atoms with Gasteiger partial charge in [0, 0.05) is 31.5 Å². The molecule has 0 bridgehead atoms. The monoisotopic (exact) mass is 473 g/mol. The van der Waals surface area contributed by atoms with Crippen LogP contribution in [0, 0.1) is 5.92 Å². The molecule has 2 aliphatic rings. The number of benzene rings is 2. The summed E-state index contributed by atoms with van der Waals surface area (Å²) in [6, 6.07) is 19.8. The van der Waals surface area contributed by atoms with Gasteiger partial charge in [-0.25, -0.2) is 0 Å². The molecule has 2 aliphatic heterocycles. The lowest BCUT2D eigenvalue weighted by atomic mass is 9.84. The minimum atomic E-state index is 0.260. The third-order valence-electron chi connectivity index (χ3n) is 7.31. The van der Waals surface area contributed by atoms with E-state index >= 15 is 0 Å². The number of rotatable bonds is 9. The quantitative estimate of drug-likeness (QED) is 0.446. The van der Waals surface area contributed by atoms with E-state index in [2.05, 4.69) is 70.4 Å². The Bertz CT molecular complexity index is 1090. The average Bonchev–Trinajstić information content (AvgIpc) is 3.37. The Labute approximate surface area is 208 Å². The van der Waals surface area contributed by atoms with Crippen LogP contribution >= 0.6 is 0 Å². The Morgan fingerprint density at radius 3 is 2.57 bits per heavy atom. The number of likely N-dealkylation sites (N-methyl/N-ethyl adjacent to an activating group) is 1. The molecule has 1 saturated heterocycles. The zero-order valence-electron chi connectivity index (χ0n) is 20.7. The maximum Gasteiger partial charge on any atom is 0.231 e. The molecule has 0 aliphatic carbocycles. The Kier molecular flexibility index (Phi) is 7.50. The van der Waals surface area contributed by atoms with E-state index in [0.717, 1.165) is 49.8 Å². The Balaban J connectivity index is 1.24. The number of piperidine rings is 1. The lowest BCUT2D eigenvalue weighted by Gasteiger charge is -2.40. The highest BCUT2D eigenvalue weighted by atomic mass is 16.7.